The predicted molar refractivity (Wildman–Crippen MR) is 123 cm³/mol. The van der Waals surface area contributed by atoms with Crippen LogP contribution >= 0.6 is 11.6 Å². The molecule has 1 atom stereocenters. The maximum atomic E-state index is 12.6. The minimum Gasteiger partial charge on any atom is -0.497 e. The number of benzene rings is 2. The molecule has 0 spiro atoms. The standard InChI is InChI=1S/C22H24ClN3O8/c1-12(2)20(25-21(28)15-9-13(26(30)31)5-7-16(15)23)22(29)34-11-19(27)24-17-10-14(32-3)6-8-18(17)33-4/h5-10,12,20H,11H2,1-4H3,(H,24,27)(H,25,28). The molecule has 2 rings (SSSR count). The highest BCUT2D eigenvalue weighted by molar-refractivity contribution is 6.34. The van der Waals surface area contributed by atoms with Crippen LogP contribution in [0.2, 0.25) is 5.02 Å². The van der Waals surface area contributed by atoms with Crippen molar-refractivity contribution in [1.82, 2.24) is 5.32 Å². The fourth-order valence-corrected chi connectivity index (χ4v) is 3.05. The van der Waals surface area contributed by atoms with Crippen molar-refractivity contribution in [1.29, 1.82) is 0 Å². The molecule has 2 aromatic rings. The maximum Gasteiger partial charge on any atom is 0.329 e. The van der Waals surface area contributed by atoms with Crippen molar-refractivity contribution in [3.05, 3.63) is 57.1 Å². The molecular formula is C22H24ClN3O8. The number of hydrogen-bond acceptors (Lipinski definition) is 8. The van der Waals surface area contributed by atoms with Crippen molar-refractivity contribution < 1.29 is 33.5 Å². The monoisotopic (exact) mass is 493 g/mol. The van der Waals surface area contributed by atoms with Crippen molar-refractivity contribution in [2.75, 3.05) is 26.1 Å². The third-order valence-electron chi connectivity index (χ3n) is 4.64. The summed E-state index contributed by atoms with van der Waals surface area (Å²) in [4.78, 5) is 47.9. The number of halogens is 1. The van der Waals surface area contributed by atoms with Crippen LogP contribution in [0.25, 0.3) is 0 Å². The van der Waals surface area contributed by atoms with Crippen LogP contribution in [0.1, 0.15) is 24.2 Å². The molecule has 0 aliphatic carbocycles. The summed E-state index contributed by atoms with van der Waals surface area (Å²) < 4.78 is 15.4. The summed E-state index contributed by atoms with van der Waals surface area (Å²) in [7, 11) is 2.90. The lowest BCUT2D eigenvalue weighted by molar-refractivity contribution is -0.384. The molecule has 0 heterocycles. The number of rotatable bonds is 10. The molecular weight excluding hydrogens is 470 g/mol. The van der Waals surface area contributed by atoms with Crippen LogP contribution < -0.4 is 20.1 Å². The SMILES string of the molecule is COc1ccc(OC)c(NC(=O)COC(=O)C(NC(=O)c2cc([N+](=O)[O-])ccc2Cl)C(C)C)c1. The van der Waals surface area contributed by atoms with Gasteiger partial charge in [-0.25, -0.2) is 4.79 Å². The van der Waals surface area contributed by atoms with Gasteiger partial charge in [-0.05, 0) is 24.1 Å². The van der Waals surface area contributed by atoms with E-state index in [0.717, 1.165) is 12.1 Å². The molecule has 11 nitrogen and oxygen atoms in total. The van der Waals surface area contributed by atoms with Crippen LogP contribution in [0.3, 0.4) is 0 Å². The Morgan fingerprint density at radius 1 is 1.09 bits per heavy atom. The summed E-state index contributed by atoms with van der Waals surface area (Å²) in [5, 5.41) is 16.0. The number of esters is 1. The number of anilines is 1. The van der Waals surface area contributed by atoms with Gasteiger partial charge >= 0.3 is 5.97 Å². The molecule has 0 fully saturated rings. The number of nitro benzene ring substituents is 1. The zero-order valence-electron chi connectivity index (χ0n) is 18.9. The summed E-state index contributed by atoms with van der Waals surface area (Å²) in [5.41, 5.74) is -0.183. The average molecular weight is 494 g/mol. The van der Waals surface area contributed by atoms with Crippen LogP contribution in [-0.4, -0.2) is 49.6 Å². The van der Waals surface area contributed by atoms with Crippen LogP contribution in [0.4, 0.5) is 11.4 Å². The number of carbonyl (C=O) groups is 3. The Kier molecular flexibility index (Phi) is 9.19. The molecule has 12 heteroatoms. The highest BCUT2D eigenvalue weighted by Gasteiger charge is 2.28. The number of nitrogens with one attached hydrogen (secondary N) is 2. The molecule has 182 valence electrons. The molecule has 0 aliphatic heterocycles. The Hall–Kier alpha value is -3.86. The average Bonchev–Trinajstić information content (AvgIpc) is 2.80. The zero-order valence-corrected chi connectivity index (χ0v) is 19.7. The number of ether oxygens (including phenoxy) is 3. The first-order chi connectivity index (χ1) is 16.1. The second-order valence-electron chi connectivity index (χ2n) is 7.34. The smallest absolute Gasteiger partial charge is 0.329 e. The van der Waals surface area contributed by atoms with Gasteiger partial charge < -0.3 is 24.8 Å². The number of carbonyl (C=O) groups excluding carboxylic acids is 3. The third-order valence-corrected chi connectivity index (χ3v) is 4.97. The van der Waals surface area contributed by atoms with E-state index in [4.69, 9.17) is 25.8 Å². The highest BCUT2D eigenvalue weighted by Crippen LogP contribution is 2.28. The van der Waals surface area contributed by atoms with E-state index in [1.54, 1.807) is 32.0 Å². The second-order valence-corrected chi connectivity index (χ2v) is 7.75. The Labute approximate surface area is 200 Å². The quantitative estimate of drug-likeness (QED) is 0.291. The molecule has 0 radical (unpaired) electrons. The zero-order chi connectivity index (χ0) is 25.4. The van der Waals surface area contributed by atoms with E-state index in [2.05, 4.69) is 10.6 Å². The summed E-state index contributed by atoms with van der Waals surface area (Å²) in [6, 6.07) is 7.04. The van der Waals surface area contributed by atoms with Crippen LogP contribution in [0.5, 0.6) is 11.5 Å². The Bertz CT molecular complexity index is 1090. The molecule has 0 bridgehead atoms. The normalized spacial score (nSPS) is 11.4. The molecule has 1 unspecified atom stereocenters. The summed E-state index contributed by atoms with van der Waals surface area (Å²) in [5.74, 6) is -1.87. The van der Waals surface area contributed by atoms with E-state index in [1.165, 1.54) is 20.3 Å². The number of nitro groups is 1. The summed E-state index contributed by atoms with van der Waals surface area (Å²) in [6.07, 6.45) is 0. The number of hydrogen-bond donors (Lipinski definition) is 2. The largest absolute Gasteiger partial charge is 0.497 e. The Morgan fingerprint density at radius 2 is 1.79 bits per heavy atom. The van der Waals surface area contributed by atoms with Gasteiger partial charge in [0.1, 0.15) is 17.5 Å². The predicted octanol–water partition coefficient (Wildman–Crippen LogP) is 3.20. The van der Waals surface area contributed by atoms with Crippen molar-refractivity contribution >= 4 is 40.8 Å². The first kappa shape index (κ1) is 26.4. The number of non-ortho nitro benzene ring substituents is 1. The van der Waals surface area contributed by atoms with Gasteiger partial charge in [-0.3, -0.25) is 19.7 Å². The van der Waals surface area contributed by atoms with E-state index in [1.807, 2.05) is 0 Å². The van der Waals surface area contributed by atoms with Gasteiger partial charge in [-0.1, -0.05) is 25.4 Å². The first-order valence-electron chi connectivity index (χ1n) is 10.0. The van der Waals surface area contributed by atoms with E-state index >= 15 is 0 Å². The Balaban J connectivity index is 2.06. The topological polar surface area (TPSA) is 146 Å². The van der Waals surface area contributed by atoms with Crippen LogP contribution in [0, 0.1) is 16.0 Å². The number of nitrogens with zero attached hydrogens (tertiary/aromatic N) is 1. The van der Waals surface area contributed by atoms with Gasteiger partial charge in [0.25, 0.3) is 17.5 Å². The molecule has 0 saturated carbocycles. The van der Waals surface area contributed by atoms with Gasteiger partial charge in [0.15, 0.2) is 6.61 Å². The van der Waals surface area contributed by atoms with Crippen LogP contribution in [0.15, 0.2) is 36.4 Å². The molecule has 2 N–H and O–H groups in total. The summed E-state index contributed by atoms with van der Waals surface area (Å²) >= 11 is 5.99. The highest BCUT2D eigenvalue weighted by atomic mass is 35.5. The summed E-state index contributed by atoms with van der Waals surface area (Å²) in [6.45, 7) is 2.68. The lowest BCUT2D eigenvalue weighted by Crippen LogP contribution is -2.46. The minimum absolute atomic E-state index is 0.0226. The third kappa shape index (κ3) is 6.82. The lowest BCUT2D eigenvalue weighted by Gasteiger charge is -2.21. The molecule has 0 saturated heterocycles. The molecule has 2 aromatic carbocycles. The minimum atomic E-state index is -1.14. The molecule has 0 aromatic heterocycles. The van der Waals surface area contributed by atoms with Crippen molar-refractivity contribution in [2.45, 2.75) is 19.9 Å². The second kappa shape index (κ2) is 11.8. The van der Waals surface area contributed by atoms with Crippen molar-refractivity contribution in [2.24, 2.45) is 5.92 Å². The van der Waals surface area contributed by atoms with Crippen LogP contribution in [-0.2, 0) is 14.3 Å². The van der Waals surface area contributed by atoms with Gasteiger partial charge in [-0.15, -0.1) is 0 Å². The van der Waals surface area contributed by atoms with E-state index in [9.17, 15) is 24.5 Å². The molecule has 2 amide bonds. The molecule has 34 heavy (non-hydrogen) atoms. The van der Waals surface area contributed by atoms with Gasteiger partial charge in [-0.2, -0.15) is 0 Å². The number of amides is 2. The first-order valence-corrected chi connectivity index (χ1v) is 10.4. The van der Waals surface area contributed by atoms with E-state index in [-0.39, 0.29) is 16.3 Å². The fraction of sp³-hybridized carbons (Fsp3) is 0.318. The van der Waals surface area contributed by atoms with Crippen molar-refractivity contribution in [3.8, 4) is 11.5 Å². The number of methoxy groups -OCH3 is 2. The van der Waals surface area contributed by atoms with Gasteiger partial charge in [0.2, 0.25) is 0 Å². The maximum absolute atomic E-state index is 12.6. The lowest BCUT2D eigenvalue weighted by atomic mass is 10.0. The van der Waals surface area contributed by atoms with Gasteiger partial charge in [0, 0.05) is 18.2 Å². The van der Waals surface area contributed by atoms with E-state index in [0.29, 0.717) is 17.2 Å². The van der Waals surface area contributed by atoms with Gasteiger partial charge in [0.05, 0.1) is 35.4 Å². The van der Waals surface area contributed by atoms with Crippen molar-refractivity contribution in [3.63, 3.8) is 0 Å². The van der Waals surface area contributed by atoms with E-state index < -0.39 is 41.3 Å². The fourth-order valence-electron chi connectivity index (χ4n) is 2.84. The Morgan fingerprint density at radius 3 is 2.38 bits per heavy atom. The molecule has 0 aliphatic rings.